The third-order valence-corrected chi connectivity index (χ3v) is 2.66. The fourth-order valence-corrected chi connectivity index (χ4v) is 1.50. The fourth-order valence-electron chi connectivity index (χ4n) is 1.27. The van der Waals surface area contributed by atoms with E-state index in [0.29, 0.717) is 16.3 Å². The molecular weight excluding hydrogens is 238 g/mol. The van der Waals surface area contributed by atoms with Crippen molar-refractivity contribution in [1.82, 2.24) is 0 Å². The molecule has 0 saturated carbocycles. The highest BCUT2D eigenvalue weighted by Gasteiger charge is 2.10. The van der Waals surface area contributed by atoms with Gasteiger partial charge in [-0.05, 0) is 24.6 Å². The van der Waals surface area contributed by atoms with Gasteiger partial charge in [-0.25, -0.2) is 0 Å². The molecule has 0 saturated heterocycles. The van der Waals surface area contributed by atoms with Gasteiger partial charge < -0.3 is 11.1 Å². The first-order chi connectivity index (χ1) is 8.06. The van der Waals surface area contributed by atoms with Crippen LogP contribution in [0.4, 0.5) is 5.69 Å². The summed E-state index contributed by atoms with van der Waals surface area (Å²) >= 11 is 5.93. The summed E-state index contributed by atoms with van der Waals surface area (Å²) in [7, 11) is 0. The van der Waals surface area contributed by atoms with Crippen LogP contribution < -0.4 is 11.1 Å². The molecule has 1 amide bonds. The third kappa shape index (κ3) is 4.06. The van der Waals surface area contributed by atoms with Crippen LogP contribution in [0.1, 0.15) is 25.3 Å². The molecule has 0 fully saturated rings. The highest BCUT2D eigenvalue weighted by Crippen LogP contribution is 2.22. The molecular formula is C12H14ClN3O. The SMILES string of the molecule is CCC(N)CC(=O)Nc1ccc(C#N)cc1Cl. The van der Waals surface area contributed by atoms with Crippen molar-refractivity contribution in [2.45, 2.75) is 25.8 Å². The van der Waals surface area contributed by atoms with E-state index in [-0.39, 0.29) is 18.4 Å². The quantitative estimate of drug-likeness (QED) is 0.862. The normalized spacial score (nSPS) is 11.6. The summed E-state index contributed by atoms with van der Waals surface area (Å²) in [6, 6.07) is 6.54. The lowest BCUT2D eigenvalue weighted by atomic mass is 10.1. The van der Waals surface area contributed by atoms with Crippen LogP contribution in [0.25, 0.3) is 0 Å². The smallest absolute Gasteiger partial charge is 0.225 e. The van der Waals surface area contributed by atoms with Crippen molar-refractivity contribution >= 4 is 23.2 Å². The lowest BCUT2D eigenvalue weighted by Crippen LogP contribution is -2.26. The summed E-state index contributed by atoms with van der Waals surface area (Å²) < 4.78 is 0. The molecule has 0 heterocycles. The van der Waals surface area contributed by atoms with Crippen LogP contribution in [0.15, 0.2) is 18.2 Å². The van der Waals surface area contributed by atoms with Crippen molar-refractivity contribution in [2.24, 2.45) is 5.73 Å². The van der Waals surface area contributed by atoms with Gasteiger partial charge in [-0.3, -0.25) is 4.79 Å². The molecule has 4 nitrogen and oxygen atoms in total. The van der Waals surface area contributed by atoms with E-state index in [1.165, 1.54) is 6.07 Å². The molecule has 0 radical (unpaired) electrons. The number of benzene rings is 1. The number of hydrogen-bond donors (Lipinski definition) is 2. The molecule has 0 aliphatic heterocycles. The Morgan fingerprint density at radius 3 is 2.88 bits per heavy atom. The van der Waals surface area contributed by atoms with Crippen molar-refractivity contribution in [1.29, 1.82) is 5.26 Å². The van der Waals surface area contributed by atoms with Crippen LogP contribution in [-0.4, -0.2) is 11.9 Å². The Morgan fingerprint density at radius 1 is 1.65 bits per heavy atom. The van der Waals surface area contributed by atoms with Crippen LogP contribution in [0, 0.1) is 11.3 Å². The second-order valence-corrected chi connectivity index (χ2v) is 4.13. The molecule has 0 bridgehead atoms. The lowest BCUT2D eigenvalue weighted by Gasteiger charge is -2.10. The first-order valence-electron chi connectivity index (χ1n) is 5.32. The van der Waals surface area contributed by atoms with Crippen LogP contribution in [0.3, 0.4) is 0 Å². The summed E-state index contributed by atoms with van der Waals surface area (Å²) in [5.74, 6) is -0.175. The predicted octanol–water partition coefficient (Wildman–Crippen LogP) is 2.28. The minimum Gasteiger partial charge on any atom is -0.327 e. The maximum absolute atomic E-state index is 11.6. The molecule has 1 atom stereocenters. The Balaban J connectivity index is 2.69. The number of anilines is 1. The van der Waals surface area contributed by atoms with Crippen LogP contribution in [-0.2, 0) is 4.79 Å². The average molecular weight is 252 g/mol. The van der Waals surface area contributed by atoms with Crippen molar-refractivity contribution < 1.29 is 4.79 Å². The highest BCUT2D eigenvalue weighted by atomic mass is 35.5. The number of nitrogens with zero attached hydrogens (tertiary/aromatic N) is 1. The third-order valence-electron chi connectivity index (χ3n) is 2.34. The van der Waals surface area contributed by atoms with Gasteiger partial charge in [0.05, 0.1) is 22.3 Å². The topological polar surface area (TPSA) is 78.9 Å². The zero-order chi connectivity index (χ0) is 12.8. The number of carbonyl (C=O) groups is 1. The molecule has 1 aromatic rings. The van der Waals surface area contributed by atoms with Crippen molar-refractivity contribution in [2.75, 3.05) is 5.32 Å². The first-order valence-corrected chi connectivity index (χ1v) is 5.69. The van der Waals surface area contributed by atoms with Crippen LogP contribution >= 0.6 is 11.6 Å². The molecule has 1 unspecified atom stereocenters. The minimum atomic E-state index is -0.175. The average Bonchev–Trinajstić information content (AvgIpc) is 2.31. The van der Waals surface area contributed by atoms with Crippen molar-refractivity contribution in [3.05, 3.63) is 28.8 Å². The number of nitrogens with two attached hydrogens (primary N) is 1. The van der Waals surface area contributed by atoms with Gasteiger partial charge in [0.25, 0.3) is 0 Å². The number of halogens is 1. The van der Waals surface area contributed by atoms with Gasteiger partial charge in [-0.2, -0.15) is 5.26 Å². The van der Waals surface area contributed by atoms with Gasteiger partial charge in [0.15, 0.2) is 0 Å². The predicted molar refractivity (Wildman–Crippen MR) is 67.7 cm³/mol. The van der Waals surface area contributed by atoms with E-state index in [1.807, 2.05) is 13.0 Å². The number of amides is 1. The van der Waals surface area contributed by atoms with E-state index in [9.17, 15) is 4.79 Å². The van der Waals surface area contributed by atoms with E-state index < -0.39 is 0 Å². The van der Waals surface area contributed by atoms with E-state index in [0.717, 1.165) is 6.42 Å². The maximum atomic E-state index is 11.6. The molecule has 0 aliphatic rings. The van der Waals surface area contributed by atoms with Gasteiger partial charge in [-0.1, -0.05) is 18.5 Å². The highest BCUT2D eigenvalue weighted by molar-refractivity contribution is 6.33. The zero-order valence-electron chi connectivity index (χ0n) is 9.53. The molecule has 1 rings (SSSR count). The molecule has 0 aliphatic carbocycles. The summed E-state index contributed by atoms with van der Waals surface area (Å²) in [4.78, 5) is 11.6. The Morgan fingerprint density at radius 2 is 2.35 bits per heavy atom. The monoisotopic (exact) mass is 251 g/mol. The van der Waals surface area contributed by atoms with Gasteiger partial charge in [0.1, 0.15) is 0 Å². The molecule has 17 heavy (non-hydrogen) atoms. The molecule has 3 N–H and O–H groups in total. The number of nitriles is 1. The minimum absolute atomic E-state index is 0.146. The zero-order valence-corrected chi connectivity index (χ0v) is 10.3. The largest absolute Gasteiger partial charge is 0.327 e. The number of nitrogens with one attached hydrogen (secondary N) is 1. The second kappa shape index (κ2) is 6.24. The number of hydrogen-bond acceptors (Lipinski definition) is 3. The number of carbonyl (C=O) groups excluding carboxylic acids is 1. The van der Waals surface area contributed by atoms with E-state index in [1.54, 1.807) is 12.1 Å². The maximum Gasteiger partial charge on any atom is 0.225 e. The summed E-state index contributed by atoms with van der Waals surface area (Å²) in [5.41, 5.74) is 6.63. The van der Waals surface area contributed by atoms with E-state index in [2.05, 4.69) is 5.32 Å². The summed E-state index contributed by atoms with van der Waals surface area (Å²) in [6.07, 6.45) is 1.00. The molecule has 1 aromatic carbocycles. The Bertz CT molecular complexity index is 454. The Kier molecular flexibility index (Phi) is 4.95. The molecule has 0 aromatic heterocycles. The molecule has 5 heteroatoms. The Labute approximate surface area is 105 Å². The van der Waals surface area contributed by atoms with Crippen molar-refractivity contribution in [3.8, 4) is 6.07 Å². The van der Waals surface area contributed by atoms with Crippen molar-refractivity contribution in [3.63, 3.8) is 0 Å². The van der Waals surface area contributed by atoms with Gasteiger partial charge in [0.2, 0.25) is 5.91 Å². The van der Waals surface area contributed by atoms with Crippen LogP contribution in [0.5, 0.6) is 0 Å². The second-order valence-electron chi connectivity index (χ2n) is 3.73. The Hall–Kier alpha value is -1.57. The van der Waals surface area contributed by atoms with Gasteiger partial charge >= 0.3 is 0 Å². The first kappa shape index (κ1) is 13.5. The van der Waals surface area contributed by atoms with Gasteiger partial charge in [0, 0.05) is 12.5 Å². The summed E-state index contributed by atoms with van der Waals surface area (Å²) in [5, 5.41) is 11.7. The fraction of sp³-hybridized carbons (Fsp3) is 0.333. The van der Waals surface area contributed by atoms with Gasteiger partial charge in [-0.15, -0.1) is 0 Å². The van der Waals surface area contributed by atoms with E-state index >= 15 is 0 Å². The van der Waals surface area contributed by atoms with E-state index in [4.69, 9.17) is 22.6 Å². The molecule has 90 valence electrons. The molecule has 0 spiro atoms. The standard InChI is InChI=1S/C12H14ClN3O/c1-2-9(15)6-12(17)16-11-4-3-8(7-14)5-10(11)13/h3-5,9H,2,6,15H2,1H3,(H,16,17). The summed E-state index contributed by atoms with van der Waals surface area (Å²) in [6.45, 7) is 1.92. The number of rotatable bonds is 4. The van der Waals surface area contributed by atoms with Crippen LogP contribution in [0.2, 0.25) is 5.02 Å². The lowest BCUT2D eigenvalue weighted by molar-refractivity contribution is -0.116.